The van der Waals surface area contributed by atoms with Crippen molar-refractivity contribution in [3.63, 3.8) is 0 Å². The lowest BCUT2D eigenvalue weighted by atomic mass is 10.2. The number of hydrogen-bond acceptors (Lipinski definition) is 10. The summed E-state index contributed by atoms with van der Waals surface area (Å²) in [5.41, 5.74) is 6.68. The molecule has 0 unspecified atom stereocenters. The summed E-state index contributed by atoms with van der Waals surface area (Å²) in [7, 11) is 3.18. The van der Waals surface area contributed by atoms with Crippen LogP contribution in [0.25, 0.3) is 5.82 Å². The lowest BCUT2D eigenvalue weighted by Gasteiger charge is -2.26. The maximum atomic E-state index is 6.03. The number of rotatable bonds is 10. The molecular weight excluding hydrogens is 426 g/mol. The largest absolute Gasteiger partial charge is 0.493 e. The number of aromatic nitrogens is 4. The normalized spacial score (nSPS) is 14.1. The second kappa shape index (κ2) is 10.8. The van der Waals surface area contributed by atoms with Gasteiger partial charge in [-0.2, -0.15) is 9.67 Å². The maximum Gasteiger partial charge on any atom is 0.248 e. The van der Waals surface area contributed by atoms with E-state index in [1.807, 2.05) is 12.1 Å². The van der Waals surface area contributed by atoms with Crippen LogP contribution in [0.1, 0.15) is 6.42 Å². The molecule has 176 valence electrons. The molecule has 0 amide bonds. The van der Waals surface area contributed by atoms with Crippen LogP contribution in [0.3, 0.4) is 0 Å². The Labute approximate surface area is 192 Å². The van der Waals surface area contributed by atoms with E-state index in [-0.39, 0.29) is 5.95 Å². The van der Waals surface area contributed by atoms with Crippen LogP contribution in [-0.2, 0) is 4.74 Å². The van der Waals surface area contributed by atoms with E-state index < -0.39 is 0 Å². The fourth-order valence-corrected chi connectivity index (χ4v) is 3.54. The molecule has 33 heavy (non-hydrogen) atoms. The predicted molar refractivity (Wildman–Crippen MR) is 124 cm³/mol. The highest BCUT2D eigenvalue weighted by Gasteiger charge is 2.17. The number of nitrogens with two attached hydrogens (primary N) is 1. The van der Waals surface area contributed by atoms with E-state index >= 15 is 0 Å². The van der Waals surface area contributed by atoms with Gasteiger partial charge in [-0.1, -0.05) is 6.07 Å². The van der Waals surface area contributed by atoms with Crippen molar-refractivity contribution in [3.8, 4) is 23.1 Å². The smallest absolute Gasteiger partial charge is 0.248 e. The van der Waals surface area contributed by atoms with Gasteiger partial charge in [0.15, 0.2) is 17.3 Å². The minimum Gasteiger partial charge on any atom is -0.493 e. The number of pyridine rings is 1. The monoisotopic (exact) mass is 455 g/mol. The van der Waals surface area contributed by atoms with Crippen LogP contribution in [0.2, 0.25) is 0 Å². The Hall–Kier alpha value is -3.57. The number of hydrogen-bond donors (Lipinski definition) is 2. The van der Waals surface area contributed by atoms with Gasteiger partial charge in [-0.05, 0) is 18.6 Å². The lowest BCUT2D eigenvalue weighted by molar-refractivity contribution is 0.0357. The average Bonchev–Trinajstić information content (AvgIpc) is 3.22. The van der Waals surface area contributed by atoms with Gasteiger partial charge < -0.3 is 30.0 Å². The van der Waals surface area contributed by atoms with E-state index in [9.17, 15) is 0 Å². The minimum absolute atomic E-state index is 0.218. The molecule has 0 radical (unpaired) electrons. The quantitative estimate of drug-likeness (QED) is 0.440. The molecule has 0 bridgehead atoms. The number of nitrogens with zero attached hydrogens (tertiary/aromatic N) is 5. The first-order chi connectivity index (χ1) is 16.2. The highest BCUT2D eigenvalue weighted by atomic mass is 16.5. The Bertz CT molecular complexity index is 1010. The molecule has 11 heteroatoms. The van der Waals surface area contributed by atoms with Crippen molar-refractivity contribution in [2.24, 2.45) is 0 Å². The Morgan fingerprint density at radius 2 is 1.88 bits per heavy atom. The number of methoxy groups -OCH3 is 2. The molecule has 0 atom stereocenters. The Kier molecular flexibility index (Phi) is 7.43. The van der Waals surface area contributed by atoms with Crippen molar-refractivity contribution in [2.75, 3.05) is 64.7 Å². The average molecular weight is 456 g/mol. The second-order valence-electron chi connectivity index (χ2n) is 7.38. The van der Waals surface area contributed by atoms with Crippen LogP contribution in [0, 0.1) is 0 Å². The van der Waals surface area contributed by atoms with Crippen LogP contribution < -0.4 is 25.3 Å². The van der Waals surface area contributed by atoms with E-state index in [0.717, 1.165) is 39.3 Å². The zero-order chi connectivity index (χ0) is 23.0. The van der Waals surface area contributed by atoms with Crippen molar-refractivity contribution in [1.82, 2.24) is 24.6 Å². The Morgan fingerprint density at radius 3 is 2.55 bits per heavy atom. The van der Waals surface area contributed by atoms with Crippen molar-refractivity contribution < 1.29 is 18.9 Å². The molecular formula is C22H29N7O4. The summed E-state index contributed by atoms with van der Waals surface area (Å²) < 4.78 is 24.0. The zero-order valence-electron chi connectivity index (χ0n) is 18.9. The van der Waals surface area contributed by atoms with Crippen molar-refractivity contribution >= 4 is 17.6 Å². The van der Waals surface area contributed by atoms with Gasteiger partial charge in [-0.25, -0.2) is 4.98 Å². The summed E-state index contributed by atoms with van der Waals surface area (Å²) in [6.45, 7) is 5.00. The minimum atomic E-state index is 0.218. The zero-order valence-corrected chi connectivity index (χ0v) is 18.9. The molecule has 0 aliphatic carbocycles. The number of anilines is 3. The molecule has 3 heterocycles. The van der Waals surface area contributed by atoms with Crippen LogP contribution in [0.15, 0.2) is 36.5 Å². The molecule has 3 N–H and O–H groups in total. The van der Waals surface area contributed by atoms with Gasteiger partial charge in [-0.15, -0.1) is 5.10 Å². The van der Waals surface area contributed by atoms with Gasteiger partial charge in [0.25, 0.3) is 0 Å². The van der Waals surface area contributed by atoms with Crippen LogP contribution >= 0.6 is 0 Å². The highest BCUT2D eigenvalue weighted by molar-refractivity contribution is 5.66. The first kappa shape index (κ1) is 22.6. The molecule has 11 nitrogen and oxygen atoms in total. The molecule has 1 fully saturated rings. The van der Waals surface area contributed by atoms with Gasteiger partial charge in [0.2, 0.25) is 17.6 Å². The van der Waals surface area contributed by atoms with E-state index in [2.05, 4.69) is 25.3 Å². The van der Waals surface area contributed by atoms with Gasteiger partial charge in [-0.3, -0.25) is 4.90 Å². The maximum absolute atomic E-state index is 6.03. The van der Waals surface area contributed by atoms with E-state index in [1.54, 1.807) is 38.6 Å². The van der Waals surface area contributed by atoms with Crippen molar-refractivity contribution in [2.45, 2.75) is 6.42 Å². The molecule has 2 aromatic heterocycles. The first-order valence-electron chi connectivity index (χ1n) is 10.8. The topological polar surface area (TPSA) is 122 Å². The lowest BCUT2D eigenvalue weighted by Crippen LogP contribution is -2.37. The SMILES string of the molecule is COc1cc(Nc2nc(N)n(-c3ccccn3)n2)cc(OC)c1OCCCN1CCOCC1. The predicted octanol–water partition coefficient (Wildman–Crippen LogP) is 2.11. The van der Waals surface area contributed by atoms with Crippen molar-refractivity contribution in [3.05, 3.63) is 36.5 Å². The molecule has 1 saturated heterocycles. The third-order valence-electron chi connectivity index (χ3n) is 5.18. The van der Waals surface area contributed by atoms with Gasteiger partial charge in [0, 0.05) is 43.7 Å². The summed E-state index contributed by atoms with van der Waals surface area (Å²) in [5, 5.41) is 7.53. The summed E-state index contributed by atoms with van der Waals surface area (Å²) in [6.07, 6.45) is 2.55. The molecule has 3 aromatic rings. The van der Waals surface area contributed by atoms with E-state index in [0.29, 0.717) is 41.3 Å². The number of morpholine rings is 1. The summed E-state index contributed by atoms with van der Waals surface area (Å²) >= 11 is 0. The molecule has 1 aliphatic heterocycles. The van der Waals surface area contributed by atoms with Crippen LogP contribution in [0.4, 0.5) is 17.6 Å². The Morgan fingerprint density at radius 1 is 1.12 bits per heavy atom. The van der Waals surface area contributed by atoms with Gasteiger partial charge in [0.1, 0.15) is 0 Å². The standard InChI is InChI=1S/C22H29N7O4/c1-30-17-14-16(25-22-26-21(23)29(27-22)19-6-3-4-7-24-19)15-18(31-2)20(17)33-11-5-8-28-9-12-32-13-10-28/h3-4,6-7,14-15H,5,8-13H2,1-2H3,(H3,23,25,26,27). The highest BCUT2D eigenvalue weighted by Crippen LogP contribution is 2.41. The molecule has 1 aliphatic rings. The number of ether oxygens (including phenoxy) is 4. The first-order valence-corrected chi connectivity index (χ1v) is 10.8. The summed E-state index contributed by atoms with van der Waals surface area (Å²) in [5.74, 6) is 2.75. The van der Waals surface area contributed by atoms with E-state index in [4.69, 9.17) is 24.7 Å². The fraction of sp³-hybridized carbons (Fsp3) is 0.409. The number of nitrogen functional groups attached to an aromatic ring is 1. The third-order valence-corrected chi connectivity index (χ3v) is 5.18. The molecule has 1 aromatic carbocycles. The number of nitrogens with one attached hydrogen (secondary N) is 1. The van der Waals surface area contributed by atoms with Gasteiger partial charge >= 0.3 is 0 Å². The fourth-order valence-electron chi connectivity index (χ4n) is 3.54. The van der Waals surface area contributed by atoms with Gasteiger partial charge in [0.05, 0.1) is 34.0 Å². The molecule has 0 saturated carbocycles. The van der Waals surface area contributed by atoms with E-state index in [1.165, 1.54) is 4.68 Å². The summed E-state index contributed by atoms with van der Waals surface area (Å²) in [4.78, 5) is 10.9. The third kappa shape index (κ3) is 5.62. The molecule has 0 spiro atoms. The molecule has 4 rings (SSSR count). The van der Waals surface area contributed by atoms with Crippen LogP contribution in [-0.4, -0.2) is 78.3 Å². The number of benzene rings is 1. The van der Waals surface area contributed by atoms with Crippen LogP contribution in [0.5, 0.6) is 17.2 Å². The van der Waals surface area contributed by atoms with Crippen molar-refractivity contribution in [1.29, 1.82) is 0 Å². The Balaban J connectivity index is 1.44. The second-order valence-corrected chi connectivity index (χ2v) is 7.38. The summed E-state index contributed by atoms with van der Waals surface area (Å²) in [6, 6.07) is 9.08.